The summed E-state index contributed by atoms with van der Waals surface area (Å²) >= 11 is 0. The van der Waals surface area contributed by atoms with Gasteiger partial charge in [0.25, 0.3) is 0 Å². The van der Waals surface area contributed by atoms with Crippen LogP contribution >= 0.6 is 0 Å². The Morgan fingerprint density at radius 1 is 0.481 bits per heavy atom. The highest BCUT2D eigenvalue weighted by Crippen LogP contribution is 2.14. The Balaban J connectivity index is 3.32. The third-order valence-electron chi connectivity index (χ3n) is 5.38. The van der Waals surface area contributed by atoms with Crippen LogP contribution in [0.4, 0.5) is 0 Å². The summed E-state index contributed by atoms with van der Waals surface area (Å²) in [6, 6.07) is 0. The lowest BCUT2D eigenvalue weighted by Crippen LogP contribution is -2.44. The molecule has 0 aromatic rings. The van der Waals surface area contributed by atoms with E-state index in [-0.39, 0.29) is 0 Å². The van der Waals surface area contributed by atoms with E-state index in [4.69, 9.17) is 8.85 Å². The first-order valence-electron chi connectivity index (χ1n) is 12.0. The van der Waals surface area contributed by atoms with Gasteiger partial charge in [0.15, 0.2) is 0 Å². The second-order valence-electron chi connectivity index (χ2n) is 7.96. The first-order chi connectivity index (χ1) is 13.3. The zero-order valence-corrected chi connectivity index (χ0v) is 20.2. The Kier molecular flexibility index (Phi) is 22.5. The third-order valence-corrected chi connectivity index (χ3v) is 7.04. The molecular formula is C23H50NO2Si. The average molecular weight is 401 g/mol. The van der Waals surface area contributed by atoms with Crippen molar-refractivity contribution in [3.05, 3.63) is 0 Å². The van der Waals surface area contributed by atoms with Crippen molar-refractivity contribution in [2.24, 2.45) is 0 Å². The molecule has 4 heteroatoms. The van der Waals surface area contributed by atoms with Gasteiger partial charge in [0, 0.05) is 14.2 Å². The van der Waals surface area contributed by atoms with Gasteiger partial charge in [-0.05, 0) is 25.9 Å². The topological polar surface area (TPSA) is 21.7 Å². The van der Waals surface area contributed by atoms with Gasteiger partial charge in [-0.3, -0.25) is 4.57 Å². The highest BCUT2D eigenvalue weighted by atomic mass is 28.3. The van der Waals surface area contributed by atoms with Crippen molar-refractivity contribution in [1.82, 2.24) is 4.57 Å². The molecule has 163 valence electrons. The smallest absolute Gasteiger partial charge is 0.384 e. The molecule has 0 rings (SSSR count). The molecule has 0 unspecified atom stereocenters. The molecule has 0 fully saturated rings. The molecule has 0 spiro atoms. The molecule has 0 aliphatic heterocycles. The second-order valence-corrected chi connectivity index (χ2v) is 9.95. The Morgan fingerprint density at radius 2 is 0.852 bits per heavy atom. The molecule has 0 aromatic heterocycles. The van der Waals surface area contributed by atoms with Crippen molar-refractivity contribution in [3.8, 4) is 0 Å². The standard InChI is InChI=1S/C23H50NO2Si/c1-5-7-8-9-10-11-12-13-14-15-16-17-18-19-20-21-23-24(22-6-2)27(25-3)26-4/h5-23H2,1-4H3. The summed E-state index contributed by atoms with van der Waals surface area (Å²) in [5, 5.41) is 0. The Morgan fingerprint density at radius 3 is 1.19 bits per heavy atom. The van der Waals surface area contributed by atoms with Crippen molar-refractivity contribution in [2.75, 3.05) is 27.3 Å². The zero-order chi connectivity index (χ0) is 20.0. The van der Waals surface area contributed by atoms with Crippen molar-refractivity contribution in [3.63, 3.8) is 0 Å². The first-order valence-corrected chi connectivity index (χ1v) is 13.3. The fraction of sp³-hybridized carbons (Fsp3) is 1.00. The minimum absolute atomic E-state index is 1.09. The maximum atomic E-state index is 5.50. The molecule has 0 aliphatic rings. The van der Waals surface area contributed by atoms with E-state index in [0.717, 1.165) is 13.1 Å². The molecule has 0 amide bonds. The van der Waals surface area contributed by atoms with E-state index >= 15 is 0 Å². The average Bonchev–Trinajstić information content (AvgIpc) is 2.68. The number of hydrogen-bond acceptors (Lipinski definition) is 3. The molecule has 0 bridgehead atoms. The molecule has 0 aliphatic carbocycles. The maximum Gasteiger partial charge on any atom is 0.490 e. The highest BCUT2D eigenvalue weighted by Gasteiger charge is 2.22. The van der Waals surface area contributed by atoms with Crippen molar-refractivity contribution in [2.45, 2.75) is 123 Å². The number of nitrogens with zero attached hydrogens (tertiary/aromatic N) is 1. The lowest BCUT2D eigenvalue weighted by atomic mass is 10.0. The van der Waals surface area contributed by atoms with E-state index in [0.29, 0.717) is 0 Å². The fourth-order valence-electron chi connectivity index (χ4n) is 3.76. The van der Waals surface area contributed by atoms with Gasteiger partial charge in [-0.2, -0.15) is 0 Å². The molecule has 3 nitrogen and oxygen atoms in total. The van der Waals surface area contributed by atoms with Crippen LogP contribution in [0.1, 0.15) is 123 Å². The first kappa shape index (κ1) is 27.1. The second kappa shape index (κ2) is 22.4. The summed E-state index contributed by atoms with van der Waals surface area (Å²) in [5.41, 5.74) is 0. The lowest BCUT2D eigenvalue weighted by Gasteiger charge is -2.25. The van der Waals surface area contributed by atoms with E-state index in [1.807, 2.05) is 0 Å². The van der Waals surface area contributed by atoms with Crippen LogP contribution in [0, 0.1) is 0 Å². The van der Waals surface area contributed by atoms with E-state index < -0.39 is 9.45 Å². The van der Waals surface area contributed by atoms with Crippen molar-refractivity contribution >= 4 is 9.45 Å². The molecule has 0 aromatic carbocycles. The highest BCUT2D eigenvalue weighted by molar-refractivity contribution is 6.40. The predicted molar refractivity (Wildman–Crippen MR) is 121 cm³/mol. The third kappa shape index (κ3) is 17.9. The van der Waals surface area contributed by atoms with Gasteiger partial charge in [0.2, 0.25) is 0 Å². The maximum absolute atomic E-state index is 5.50. The van der Waals surface area contributed by atoms with Crippen LogP contribution < -0.4 is 0 Å². The summed E-state index contributed by atoms with van der Waals surface area (Å²) in [4.78, 5) is 0. The molecule has 0 heterocycles. The van der Waals surface area contributed by atoms with E-state index in [2.05, 4.69) is 18.4 Å². The minimum atomic E-state index is -1.21. The van der Waals surface area contributed by atoms with Crippen LogP contribution in [0.3, 0.4) is 0 Å². The molecule has 0 saturated heterocycles. The van der Waals surface area contributed by atoms with Crippen LogP contribution in [-0.2, 0) is 8.85 Å². The normalized spacial score (nSPS) is 11.8. The van der Waals surface area contributed by atoms with Crippen LogP contribution in [-0.4, -0.2) is 41.3 Å². The zero-order valence-electron chi connectivity index (χ0n) is 19.2. The number of hydrogen-bond donors (Lipinski definition) is 0. The molecule has 1 radical (unpaired) electrons. The summed E-state index contributed by atoms with van der Waals surface area (Å²) in [6.07, 6.45) is 23.9. The SMILES string of the molecule is CCCCCCCCCCCCCCCCCCN(CCC)[Si](OC)OC. The van der Waals surface area contributed by atoms with Gasteiger partial charge >= 0.3 is 9.45 Å². The van der Waals surface area contributed by atoms with Crippen LogP contribution in [0.2, 0.25) is 0 Å². The summed E-state index contributed by atoms with van der Waals surface area (Å²) in [7, 11) is 2.33. The van der Waals surface area contributed by atoms with E-state index in [1.54, 1.807) is 14.2 Å². The molecule has 0 saturated carbocycles. The molecule has 0 atom stereocenters. The van der Waals surface area contributed by atoms with E-state index in [1.165, 1.54) is 109 Å². The summed E-state index contributed by atoms with van der Waals surface area (Å²) in [6.45, 7) is 6.74. The Hall–Kier alpha value is 0.0969. The summed E-state index contributed by atoms with van der Waals surface area (Å²) in [5.74, 6) is 0. The molecule has 0 N–H and O–H groups in total. The van der Waals surface area contributed by atoms with Crippen LogP contribution in [0.15, 0.2) is 0 Å². The monoisotopic (exact) mass is 400 g/mol. The van der Waals surface area contributed by atoms with Crippen LogP contribution in [0.5, 0.6) is 0 Å². The Labute approximate surface area is 173 Å². The fourth-order valence-corrected chi connectivity index (χ4v) is 5.19. The van der Waals surface area contributed by atoms with Gasteiger partial charge in [-0.25, -0.2) is 0 Å². The van der Waals surface area contributed by atoms with Gasteiger partial charge in [-0.15, -0.1) is 0 Å². The van der Waals surface area contributed by atoms with Crippen molar-refractivity contribution < 1.29 is 8.85 Å². The summed E-state index contributed by atoms with van der Waals surface area (Å²) < 4.78 is 13.4. The van der Waals surface area contributed by atoms with Gasteiger partial charge in [-0.1, -0.05) is 110 Å². The largest absolute Gasteiger partial charge is 0.490 e. The number of rotatable bonds is 22. The minimum Gasteiger partial charge on any atom is -0.384 e. The van der Waals surface area contributed by atoms with Gasteiger partial charge in [0.05, 0.1) is 0 Å². The van der Waals surface area contributed by atoms with Gasteiger partial charge in [0.1, 0.15) is 0 Å². The Bertz CT molecular complexity index is 275. The van der Waals surface area contributed by atoms with Crippen molar-refractivity contribution in [1.29, 1.82) is 0 Å². The van der Waals surface area contributed by atoms with Gasteiger partial charge < -0.3 is 8.85 Å². The van der Waals surface area contributed by atoms with Crippen LogP contribution in [0.25, 0.3) is 0 Å². The number of unbranched alkanes of at least 4 members (excludes halogenated alkanes) is 15. The quantitative estimate of drug-likeness (QED) is 0.141. The lowest BCUT2D eigenvalue weighted by molar-refractivity contribution is 0.196. The molecule has 27 heavy (non-hydrogen) atoms. The predicted octanol–water partition coefficient (Wildman–Crippen LogP) is 7.24. The van der Waals surface area contributed by atoms with E-state index in [9.17, 15) is 0 Å². The molecular weight excluding hydrogens is 350 g/mol.